The summed E-state index contributed by atoms with van der Waals surface area (Å²) in [5.41, 5.74) is 10.3. The first-order valence-electron chi connectivity index (χ1n) is 7.83. The quantitative estimate of drug-likeness (QED) is 0.758. The number of pyridine rings is 1. The van der Waals surface area contributed by atoms with E-state index in [1.54, 1.807) is 18.5 Å². The second-order valence-corrected chi connectivity index (χ2v) is 5.54. The molecule has 1 amide bonds. The number of benzene rings is 2. The summed E-state index contributed by atoms with van der Waals surface area (Å²) in [7, 11) is 0. The van der Waals surface area contributed by atoms with Crippen molar-refractivity contribution in [3.05, 3.63) is 95.3 Å². The topological polar surface area (TPSA) is 68.0 Å². The molecule has 120 valence electrons. The van der Waals surface area contributed by atoms with E-state index >= 15 is 0 Å². The number of rotatable bonds is 5. The number of nitrogens with two attached hydrogens (primary N) is 1. The zero-order valence-corrected chi connectivity index (χ0v) is 13.3. The van der Waals surface area contributed by atoms with Crippen LogP contribution in [0.1, 0.15) is 27.0 Å². The molecule has 0 saturated heterocycles. The highest BCUT2D eigenvalue weighted by atomic mass is 16.1. The molecule has 0 aliphatic rings. The molecule has 0 spiro atoms. The summed E-state index contributed by atoms with van der Waals surface area (Å²) >= 11 is 0. The van der Waals surface area contributed by atoms with Crippen molar-refractivity contribution in [1.82, 2.24) is 4.98 Å². The number of amides is 1. The standard InChI is InChI=1S/C20H19N3O/c21-14-17-3-1-2-4-19(17)20(24)23-18-7-5-15(6-8-18)13-16-9-11-22-12-10-16/h1-12H,13-14,21H2,(H,23,24). The average Bonchev–Trinajstić information content (AvgIpc) is 2.64. The van der Waals surface area contributed by atoms with Crippen LogP contribution in [0.15, 0.2) is 73.1 Å². The van der Waals surface area contributed by atoms with Gasteiger partial charge in [0.15, 0.2) is 0 Å². The normalized spacial score (nSPS) is 10.4. The van der Waals surface area contributed by atoms with Gasteiger partial charge in [-0.3, -0.25) is 9.78 Å². The average molecular weight is 317 g/mol. The highest BCUT2D eigenvalue weighted by Gasteiger charge is 2.10. The predicted molar refractivity (Wildman–Crippen MR) is 95.8 cm³/mol. The van der Waals surface area contributed by atoms with Gasteiger partial charge >= 0.3 is 0 Å². The van der Waals surface area contributed by atoms with Crippen molar-refractivity contribution in [1.29, 1.82) is 0 Å². The maximum atomic E-state index is 12.4. The van der Waals surface area contributed by atoms with Crippen molar-refractivity contribution in [3.63, 3.8) is 0 Å². The summed E-state index contributed by atoms with van der Waals surface area (Å²) in [6, 6.07) is 19.2. The monoisotopic (exact) mass is 317 g/mol. The molecule has 1 aromatic heterocycles. The van der Waals surface area contributed by atoms with E-state index in [0.717, 1.165) is 17.7 Å². The number of aromatic nitrogens is 1. The second-order valence-electron chi connectivity index (χ2n) is 5.54. The smallest absolute Gasteiger partial charge is 0.255 e. The minimum Gasteiger partial charge on any atom is -0.326 e. The van der Waals surface area contributed by atoms with Crippen molar-refractivity contribution >= 4 is 11.6 Å². The third kappa shape index (κ3) is 3.86. The number of nitrogens with zero attached hydrogens (tertiary/aromatic N) is 1. The molecule has 0 aliphatic heterocycles. The largest absolute Gasteiger partial charge is 0.326 e. The van der Waals surface area contributed by atoms with Crippen molar-refractivity contribution < 1.29 is 4.79 Å². The minimum atomic E-state index is -0.141. The van der Waals surface area contributed by atoms with Crippen LogP contribution in [0.25, 0.3) is 0 Å². The first kappa shape index (κ1) is 15.9. The second kappa shape index (κ2) is 7.53. The fraction of sp³-hybridized carbons (Fsp3) is 0.100. The van der Waals surface area contributed by atoms with Gasteiger partial charge < -0.3 is 11.1 Å². The lowest BCUT2D eigenvalue weighted by molar-refractivity contribution is 0.102. The van der Waals surface area contributed by atoms with Gasteiger partial charge in [-0.25, -0.2) is 0 Å². The van der Waals surface area contributed by atoms with Crippen LogP contribution in [0.5, 0.6) is 0 Å². The Morgan fingerprint density at radius 2 is 1.58 bits per heavy atom. The highest BCUT2D eigenvalue weighted by molar-refractivity contribution is 6.05. The lowest BCUT2D eigenvalue weighted by Crippen LogP contribution is -2.15. The highest BCUT2D eigenvalue weighted by Crippen LogP contribution is 2.15. The van der Waals surface area contributed by atoms with E-state index in [-0.39, 0.29) is 5.91 Å². The molecule has 0 radical (unpaired) electrons. The number of anilines is 1. The Kier molecular flexibility index (Phi) is 4.99. The van der Waals surface area contributed by atoms with E-state index < -0.39 is 0 Å². The molecule has 0 fully saturated rings. The zero-order valence-electron chi connectivity index (χ0n) is 13.3. The van der Waals surface area contributed by atoms with Gasteiger partial charge in [0.25, 0.3) is 5.91 Å². The van der Waals surface area contributed by atoms with Crippen LogP contribution >= 0.6 is 0 Å². The first-order valence-corrected chi connectivity index (χ1v) is 7.83. The molecular formula is C20H19N3O. The Morgan fingerprint density at radius 3 is 2.29 bits per heavy atom. The molecule has 4 heteroatoms. The molecule has 2 aromatic carbocycles. The third-order valence-corrected chi connectivity index (χ3v) is 3.85. The first-order chi connectivity index (χ1) is 11.8. The summed E-state index contributed by atoms with van der Waals surface area (Å²) in [4.78, 5) is 16.4. The number of carbonyl (C=O) groups excluding carboxylic acids is 1. The lowest BCUT2D eigenvalue weighted by Gasteiger charge is -2.09. The Hall–Kier alpha value is -2.98. The van der Waals surface area contributed by atoms with Crippen molar-refractivity contribution in [2.24, 2.45) is 5.73 Å². The number of hydrogen-bond acceptors (Lipinski definition) is 3. The maximum absolute atomic E-state index is 12.4. The van der Waals surface area contributed by atoms with Gasteiger partial charge in [0.1, 0.15) is 0 Å². The van der Waals surface area contributed by atoms with E-state index in [9.17, 15) is 4.79 Å². The molecule has 0 saturated carbocycles. The molecule has 3 N–H and O–H groups in total. The molecule has 0 aliphatic carbocycles. The SMILES string of the molecule is NCc1ccccc1C(=O)Nc1ccc(Cc2ccncc2)cc1. The fourth-order valence-electron chi connectivity index (χ4n) is 2.56. The summed E-state index contributed by atoms with van der Waals surface area (Å²) in [5, 5.41) is 2.92. The summed E-state index contributed by atoms with van der Waals surface area (Å²) in [5.74, 6) is -0.141. The van der Waals surface area contributed by atoms with E-state index in [2.05, 4.69) is 10.3 Å². The van der Waals surface area contributed by atoms with Gasteiger partial charge in [-0.1, -0.05) is 30.3 Å². The van der Waals surface area contributed by atoms with Crippen LogP contribution in [0.2, 0.25) is 0 Å². The van der Waals surface area contributed by atoms with Gasteiger partial charge in [-0.2, -0.15) is 0 Å². The molecular weight excluding hydrogens is 298 g/mol. The minimum absolute atomic E-state index is 0.141. The summed E-state index contributed by atoms with van der Waals surface area (Å²) < 4.78 is 0. The predicted octanol–water partition coefficient (Wildman–Crippen LogP) is 3.38. The summed E-state index contributed by atoms with van der Waals surface area (Å²) in [6.07, 6.45) is 4.42. The molecule has 1 heterocycles. The van der Waals surface area contributed by atoms with Gasteiger partial charge in [-0.15, -0.1) is 0 Å². The van der Waals surface area contributed by atoms with E-state index in [1.165, 1.54) is 11.1 Å². The third-order valence-electron chi connectivity index (χ3n) is 3.85. The molecule has 3 rings (SSSR count). The molecule has 24 heavy (non-hydrogen) atoms. The Morgan fingerprint density at radius 1 is 0.917 bits per heavy atom. The van der Waals surface area contributed by atoms with Crippen LogP contribution in [0.4, 0.5) is 5.69 Å². The van der Waals surface area contributed by atoms with Crippen molar-refractivity contribution in [2.75, 3.05) is 5.32 Å². The Balaban J connectivity index is 1.69. The van der Waals surface area contributed by atoms with Crippen LogP contribution in [0.3, 0.4) is 0 Å². The van der Waals surface area contributed by atoms with E-state index in [1.807, 2.05) is 54.6 Å². The fourth-order valence-corrected chi connectivity index (χ4v) is 2.56. The molecule has 3 aromatic rings. The van der Waals surface area contributed by atoms with Crippen molar-refractivity contribution in [2.45, 2.75) is 13.0 Å². The zero-order chi connectivity index (χ0) is 16.8. The molecule has 0 atom stereocenters. The van der Waals surface area contributed by atoms with Crippen LogP contribution in [0, 0.1) is 0 Å². The molecule has 0 bridgehead atoms. The van der Waals surface area contributed by atoms with Crippen LogP contribution < -0.4 is 11.1 Å². The maximum Gasteiger partial charge on any atom is 0.255 e. The van der Waals surface area contributed by atoms with Gasteiger partial charge in [0.05, 0.1) is 0 Å². The van der Waals surface area contributed by atoms with Gasteiger partial charge in [0.2, 0.25) is 0 Å². The van der Waals surface area contributed by atoms with Gasteiger partial charge in [0, 0.05) is 30.2 Å². The Bertz CT molecular complexity index is 814. The van der Waals surface area contributed by atoms with Crippen LogP contribution in [-0.2, 0) is 13.0 Å². The van der Waals surface area contributed by atoms with Gasteiger partial charge in [-0.05, 0) is 53.4 Å². The summed E-state index contributed by atoms with van der Waals surface area (Å²) in [6.45, 7) is 0.342. The number of hydrogen-bond donors (Lipinski definition) is 2. The Labute approximate surface area is 141 Å². The van der Waals surface area contributed by atoms with Crippen LogP contribution in [-0.4, -0.2) is 10.9 Å². The lowest BCUT2D eigenvalue weighted by atomic mass is 10.1. The molecule has 4 nitrogen and oxygen atoms in total. The number of carbonyl (C=O) groups is 1. The van der Waals surface area contributed by atoms with E-state index in [4.69, 9.17) is 5.73 Å². The van der Waals surface area contributed by atoms with E-state index in [0.29, 0.717) is 12.1 Å². The van der Waals surface area contributed by atoms with Crippen molar-refractivity contribution in [3.8, 4) is 0 Å². The molecule has 0 unspecified atom stereocenters. The number of nitrogens with one attached hydrogen (secondary N) is 1.